The van der Waals surface area contributed by atoms with Crippen LogP contribution in [0.4, 0.5) is 4.79 Å². The second kappa shape index (κ2) is 9.92. The minimum Gasteiger partial charge on any atom is -0.444 e. The van der Waals surface area contributed by atoms with E-state index < -0.39 is 5.60 Å². The number of thioether (sulfide) groups is 1. The van der Waals surface area contributed by atoms with Gasteiger partial charge in [0.1, 0.15) is 5.60 Å². The second-order valence-electron chi connectivity index (χ2n) is 8.59. The van der Waals surface area contributed by atoms with Crippen molar-refractivity contribution in [3.63, 3.8) is 0 Å². The number of alkyl carbamates (subject to hydrolysis) is 1. The molecule has 1 N–H and O–H groups in total. The van der Waals surface area contributed by atoms with E-state index in [1.165, 1.54) is 11.8 Å². The molecule has 0 unspecified atom stereocenters. The lowest BCUT2D eigenvalue weighted by Crippen LogP contribution is -2.43. The van der Waals surface area contributed by atoms with Crippen LogP contribution in [-0.2, 0) is 9.53 Å². The Labute approximate surface area is 187 Å². The maximum Gasteiger partial charge on any atom is 0.407 e. The van der Waals surface area contributed by atoms with Crippen LogP contribution in [0.5, 0.6) is 0 Å². The molecule has 1 fully saturated rings. The Morgan fingerprint density at radius 1 is 1.17 bits per heavy atom. The molecular weight excluding hydrogens is 420 g/mol. The molecule has 0 atom stereocenters. The minimum absolute atomic E-state index is 0.141. The van der Waals surface area contributed by atoms with Crippen molar-refractivity contribution in [2.45, 2.75) is 44.1 Å². The summed E-state index contributed by atoms with van der Waals surface area (Å²) in [5.74, 6) is 0.902. The van der Waals surface area contributed by atoms with Crippen LogP contribution in [0.1, 0.15) is 33.6 Å². The first-order valence-corrected chi connectivity index (χ1v) is 11.6. The van der Waals surface area contributed by atoms with Gasteiger partial charge in [0.15, 0.2) is 0 Å². The normalized spacial score (nSPS) is 15.3. The second-order valence-corrected chi connectivity index (χ2v) is 10.0. The zero-order valence-corrected chi connectivity index (χ0v) is 19.3. The number of amides is 2. The summed E-state index contributed by atoms with van der Waals surface area (Å²) < 4.78 is 5.27. The Kier molecular flexibility index (Phi) is 7.53. The number of carbonyl (C=O) groups excluding carboxylic acids is 2. The van der Waals surface area contributed by atoms with Crippen LogP contribution in [0, 0.1) is 5.92 Å². The number of halogens is 1. The monoisotopic (exact) mass is 448 g/mol. The highest BCUT2D eigenvalue weighted by Crippen LogP contribution is 2.33. The van der Waals surface area contributed by atoms with Gasteiger partial charge in [-0.15, -0.1) is 11.8 Å². The fourth-order valence-electron chi connectivity index (χ4n) is 3.54. The van der Waals surface area contributed by atoms with Crippen LogP contribution >= 0.6 is 23.4 Å². The summed E-state index contributed by atoms with van der Waals surface area (Å²) in [6, 6.07) is 11.9. The van der Waals surface area contributed by atoms with Crippen molar-refractivity contribution >= 4 is 46.1 Å². The van der Waals surface area contributed by atoms with Crippen LogP contribution in [0.25, 0.3) is 10.8 Å². The van der Waals surface area contributed by atoms with Crippen molar-refractivity contribution in [3.05, 3.63) is 41.4 Å². The van der Waals surface area contributed by atoms with E-state index in [1.54, 1.807) is 0 Å². The number of carbonyl (C=O) groups is 2. The molecular formula is C23H29ClN2O3S. The van der Waals surface area contributed by atoms with Gasteiger partial charge in [-0.3, -0.25) is 4.79 Å². The van der Waals surface area contributed by atoms with Crippen molar-refractivity contribution in [2.24, 2.45) is 5.92 Å². The molecule has 0 radical (unpaired) electrons. The highest BCUT2D eigenvalue weighted by Gasteiger charge is 2.24. The molecule has 162 valence electrons. The van der Waals surface area contributed by atoms with Gasteiger partial charge in [0, 0.05) is 34.9 Å². The van der Waals surface area contributed by atoms with Gasteiger partial charge in [0.05, 0.1) is 5.75 Å². The van der Waals surface area contributed by atoms with Gasteiger partial charge in [-0.05, 0) is 57.0 Å². The maximum absolute atomic E-state index is 12.7. The molecule has 1 heterocycles. The standard InChI is InChI=1S/C23H29ClN2O3S/c1-23(2,3)29-22(28)25-14-16-10-12-26(13-11-16)20(27)15-30-19-9-5-7-17-6-4-8-18(24)21(17)19/h4-9,16H,10-15H2,1-3H3,(H,25,28). The van der Waals surface area contributed by atoms with Gasteiger partial charge < -0.3 is 15.0 Å². The molecule has 0 spiro atoms. The summed E-state index contributed by atoms with van der Waals surface area (Å²) >= 11 is 7.92. The molecule has 7 heteroatoms. The molecule has 0 saturated carbocycles. The molecule has 1 aliphatic rings. The Hall–Kier alpha value is -1.92. The third-order valence-corrected chi connectivity index (χ3v) is 6.43. The molecule has 0 bridgehead atoms. The lowest BCUT2D eigenvalue weighted by molar-refractivity contribution is -0.129. The van der Waals surface area contributed by atoms with Gasteiger partial charge >= 0.3 is 6.09 Å². The number of ether oxygens (including phenoxy) is 1. The van der Waals surface area contributed by atoms with Crippen LogP contribution < -0.4 is 5.32 Å². The van der Waals surface area contributed by atoms with E-state index in [1.807, 2.05) is 62.1 Å². The molecule has 30 heavy (non-hydrogen) atoms. The summed E-state index contributed by atoms with van der Waals surface area (Å²) in [7, 11) is 0. The third-order valence-electron chi connectivity index (χ3n) is 5.07. The van der Waals surface area contributed by atoms with Crippen LogP contribution in [0.2, 0.25) is 5.02 Å². The molecule has 1 saturated heterocycles. The van der Waals surface area contributed by atoms with E-state index >= 15 is 0 Å². The largest absolute Gasteiger partial charge is 0.444 e. The number of hydrogen-bond donors (Lipinski definition) is 1. The first kappa shape index (κ1) is 22.8. The molecule has 3 rings (SSSR count). The Morgan fingerprint density at radius 3 is 2.50 bits per heavy atom. The summed E-state index contributed by atoms with van der Waals surface area (Å²) in [5, 5.41) is 5.64. The SMILES string of the molecule is CC(C)(C)OC(=O)NCC1CCN(C(=O)CSc2cccc3cccc(Cl)c23)CC1. The Morgan fingerprint density at radius 2 is 1.83 bits per heavy atom. The molecule has 2 aromatic carbocycles. The Bertz CT molecular complexity index is 900. The van der Waals surface area contributed by atoms with Gasteiger partial charge in [-0.25, -0.2) is 4.79 Å². The fraction of sp³-hybridized carbons (Fsp3) is 0.478. The van der Waals surface area contributed by atoms with Crippen molar-refractivity contribution in [2.75, 3.05) is 25.4 Å². The zero-order chi connectivity index (χ0) is 21.7. The van der Waals surface area contributed by atoms with Crippen molar-refractivity contribution in [1.82, 2.24) is 10.2 Å². The van der Waals surface area contributed by atoms with Crippen LogP contribution in [-0.4, -0.2) is 47.9 Å². The number of fused-ring (bicyclic) bond motifs is 1. The molecule has 2 aromatic rings. The Balaban J connectivity index is 1.46. The van der Waals surface area contributed by atoms with Crippen LogP contribution in [0.15, 0.2) is 41.3 Å². The molecule has 5 nitrogen and oxygen atoms in total. The van der Waals surface area contributed by atoms with Gasteiger partial charge in [0.2, 0.25) is 5.91 Å². The quantitative estimate of drug-likeness (QED) is 0.626. The molecule has 0 aliphatic carbocycles. The molecule has 2 amide bonds. The number of likely N-dealkylation sites (tertiary alicyclic amines) is 1. The average molecular weight is 449 g/mol. The topological polar surface area (TPSA) is 58.6 Å². The fourth-order valence-corrected chi connectivity index (χ4v) is 4.89. The summed E-state index contributed by atoms with van der Waals surface area (Å²) in [4.78, 5) is 27.5. The number of piperidine rings is 1. The van der Waals surface area contributed by atoms with E-state index in [9.17, 15) is 9.59 Å². The maximum atomic E-state index is 12.7. The molecule has 0 aromatic heterocycles. The van der Waals surface area contributed by atoms with E-state index in [2.05, 4.69) is 5.32 Å². The average Bonchev–Trinajstić information content (AvgIpc) is 2.69. The summed E-state index contributed by atoms with van der Waals surface area (Å²) in [6.07, 6.45) is 1.38. The van der Waals surface area contributed by atoms with Crippen LogP contribution in [0.3, 0.4) is 0 Å². The van der Waals surface area contributed by atoms with E-state index in [4.69, 9.17) is 16.3 Å². The van der Waals surface area contributed by atoms with Crippen molar-refractivity contribution in [1.29, 1.82) is 0 Å². The smallest absolute Gasteiger partial charge is 0.407 e. The van der Waals surface area contributed by atoms with Crippen molar-refractivity contribution in [3.8, 4) is 0 Å². The number of hydrogen-bond acceptors (Lipinski definition) is 4. The van der Waals surface area contributed by atoms with E-state index in [0.29, 0.717) is 23.2 Å². The lowest BCUT2D eigenvalue weighted by Gasteiger charge is -2.32. The highest BCUT2D eigenvalue weighted by molar-refractivity contribution is 8.00. The summed E-state index contributed by atoms with van der Waals surface area (Å²) in [6.45, 7) is 7.57. The number of rotatable bonds is 5. The van der Waals surface area contributed by atoms with Gasteiger partial charge in [0.25, 0.3) is 0 Å². The predicted octanol–water partition coefficient (Wildman–Crippen LogP) is 5.35. The number of nitrogens with one attached hydrogen (secondary N) is 1. The third kappa shape index (κ3) is 6.29. The minimum atomic E-state index is -0.494. The van der Waals surface area contributed by atoms with Gasteiger partial charge in [-0.1, -0.05) is 35.9 Å². The van der Waals surface area contributed by atoms with E-state index in [-0.39, 0.29) is 12.0 Å². The molecule has 1 aliphatic heterocycles. The van der Waals surface area contributed by atoms with Gasteiger partial charge in [-0.2, -0.15) is 0 Å². The highest BCUT2D eigenvalue weighted by atomic mass is 35.5. The number of nitrogens with zero attached hydrogens (tertiary/aromatic N) is 1. The lowest BCUT2D eigenvalue weighted by atomic mass is 9.97. The predicted molar refractivity (Wildman–Crippen MR) is 123 cm³/mol. The van der Waals surface area contributed by atoms with E-state index in [0.717, 1.165) is 41.6 Å². The first-order chi connectivity index (χ1) is 14.2. The summed E-state index contributed by atoms with van der Waals surface area (Å²) in [5.41, 5.74) is -0.494. The first-order valence-electron chi connectivity index (χ1n) is 10.3. The zero-order valence-electron chi connectivity index (χ0n) is 17.7. The number of benzene rings is 2. The van der Waals surface area contributed by atoms with Crippen molar-refractivity contribution < 1.29 is 14.3 Å².